The Kier molecular flexibility index (Phi) is 6.41. The van der Waals surface area contributed by atoms with Gasteiger partial charge in [-0.05, 0) is 73.5 Å². The average Bonchev–Trinajstić information content (AvgIpc) is 3.18. The highest BCUT2D eigenvalue weighted by Crippen LogP contribution is 2.29. The number of para-hydroxylation sites is 1. The molecule has 0 bridgehead atoms. The maximum Gasteiger partial charge on any atom is 0.196 e. The Morgan fingerprint density at radius 2 is 1.67 bits per heavy atom. The van der Waals surface area contributed by atoms with Crippen molar-refractivity contribution < 1.29 is 4.74 Å². The fraction of sp³-hybridized carbons (Fsp3) is 0.167. The van der Waals surface area contributed by atoms with E-state index in [1.54, 1.807) is 11.8 Å². The fourth-order valence-electron chi connectivity index (χ4n) is 3.06. The summed E-state index contributed by atoms with van der Waals surface area (Å²) in [6.45, 7) is 4.82. The quantitative estimate of drug-likeness (QED) is 0.249. The van der Waals surface area contributed by atoms with Crippen LogP contribution in [0, 0.1) is 13.8 Å². The molecular weight excluding hydrogens is 414 g/mol. The van der Waals surface area contributed by atoms with Gasteiger partial charge in [0.25, 0.3) is 0 Å². The number of aryl methyl sites for hydroxylation is 2. The van der Waals surface area contributed by atoms with E-state index < -0.39 is 0 Å². The van der Waals surface area contributed by atoms with Crippen LogP contribution in [0.2, 0.25) is 5.02 Å². The third kappa shape index (κ3) is 4.69. The molecule has 152 valence electrons. The van der Waals surface area contributed by atoms with Crippen LogP contribution in [0.4, 0.5) is 0 Å². The molecule has 3 aromatic carbocycles. The van der Waals surface area contributed by atoms with E-state index >= 15 is 0 Å². The molecule has 1 heterocycles. The number of rotatable bonds is 7. The maximum atomic E-state index is 6.07. The van der Waals surface area contributed by atoms with Gasteiger partial charge in [0.05, 0.1) is 12.3 Å². The number of ether oxygens (including phenoxy) is 1. The first-order valence-corrected chi connectivity index (χ1v) is 11.1. The second-order valence-electron chi connectivity index (χ2n) is 6.93. The summed E-state index contributed by atoms with van der Waals surface area (Å²) < 4.78 is 7.92. The zero-order valence-corrected chi connectivity index (χ0v) is 18.5. The third-order valence-electron chi connectivity index (χ3n) is 4.81. The minimum Gasteiger partial charge on any atom is -0.493 e. The molecule has 0 unspecified atom stereocenters. The average molecular weight is 436 g/mol. The third-order valence-corrected chi connectivity index (χ3v) is 5.96. The van der Waals surface area contributed by atoms with Gasteiger partial charge in [-0.1, -0.05) is 47.6 Å². The first-order chi connectivity index (χ1) is 14.6. The van der Waals surface area contributed by atoms with Gasteiger partial charge in [0.2, 0.25) is 0 Å². The van der Waals surface area contributed by atoms with E-state index in [4.69, 9.17) is 16.3 Å². The van der Waals surface area contributed by atoms with Crippen LogP contribution < -0.4 is 4.74 Å². The molecule has 0 spiro atoms. The molecule has 4 nitrogen and oxygen atoms in total. The molecule has 0 amide bonds. The molecule has 4 rings (SSSR count). The van der Waals surface area contributed by atoms with E-state index in [-0.39, 0.29) is 0 Å². The molecule has 0 aliphatic heterocycles. The van der Waals surface area contributed by atoms with Crippen molar-refractivity contribution in [3.05, 3.63) is 88.9 Å². The Bertz CT molecular complexity index is 1130. The zero-order valence-electron chi connectivity index (χ0n) is 16.9. The van der Waals surface area contributed by atoms with E-state index in [2.05, 4.69) is 46.8 Å². The number of hydrogen-bond acceptors (Lipinski definition) is 4. The number of halogens is 1. The van der Waals surface area contributed by atoms with E-state index in [0.29, 0.717) is 11.6 Å². The second-order valence-corrected chi connectivity index (χ2v) is 8.43. The van der Waals surface area contributed by atoms with E-state index in [1.165, 1.54) is 11.1 Å². The summed E-state index contributed by atoms with van der Waals surface area (Å²) in [7, 11) is 0. The fourth-order valence-corrected chi connectivity index (χ4v) is 3.95. The Balaban J connectivity index is 1.61. The first-order valence-electron chi connectivity index (χ1n) is 9.71. The number of nitrogens with zero attached hydrogens (tertiary/aromatic N) is 3. The van der Waals surface area contributed by atoms with Crippen LogP contribution >= 0.6 is 23.4 Å². The second kappa shape index (κ2) is 9.37. The van der Waals surface area contributed by atoms with Crippen molar-refractivity contribution in [2.24, 2.45) is 0 Å². The summed E-state index contributed by atoms with van der Waals surface area (Å²) in [6, 6.07) is 23.9. The molecule has 0 fully saturated rings. The van der Waals surface area contributed by atoms with Crippen molar-refractivity contribution in [3.63, 3.8) is 0 Å². The van der Waals surface area contributed by atoms with Gasteiger partial charge in [-0.15, -0.1) is 10.2 Å². The molecule has 0 N–H and O–H groups in total. The van der Waals surface area contributed by atoms with Crippen molar-refractivity contribution in [1.82, 2.24) is 14.8 Å². The lowest BCUT2D eigenvalue weighted by Gasteiger charge is -2.12. The van der Waals surface area contributed by atoms with Gasteiger partial charge in [0, 0.05) is 16.3 Å². The van der Waals surface area contributed by atoms with Crippen molar-refractivity contribution >= 4 is 23.4 Å². The van der Waals surface area contributed by atoms with Crippen LogP contribution in [0.25, 0.3) is 17.1 Å². The maximum absolute atomic E-state index is 6.07. The van der Waals surface area contributed by atoms with Crippen LogP contribution in [0.1, 0.15) is 11.1 Å². The van der Waals surface area contributed by atoms with Gasteiger partial charge in [-0.2, -0.15) is 0 Å². The summed E-state index contributed by atoms with van der Waals surface area (Å²) in [5.41, 5.74) is 4.49. The number of benzene rings is 3. The monoisotopic (exact) mass is 435 g/mol. The number of thioether (sulfide) groups is 1. The SMILES string of the molecule is Cc1ccc(-n2c(SCCOc3ccccc3)nnc2-c2ccc(Cl)cc2)cc1C. The molecule has 0 radical (unpaired) electrons. The van der Waals surface area contributed by atoms with Crippen LogP contribution in [0.5, 0.6) is 5.75 Å². The highest BCUT2D eigenvalue weighted by atomic mass is 35.5. The molecule has 30 heavy (non-hydrogen) atoms. The van der Waals surface area contributed by atoms with Gasteiger partial charge in [-0.25, -0.2) is 0 Å². The molecule has 0 saturated heterocycles. The predicted molar refractivity (Wildman–Crippen MR) is 124 cm³/mol. The largest absolute Gasteiger partial charge is 0.493 e. The van der Waals surface area contributed by atoms with Crippen LogP contribution in [0.15, 0.2) is 78.0 Å². The Labute approximate surface area is 185 Å². The Hall–Kier alpha value is -2.76. The van der Waals surface area contributed by atoms with E-state index in [1.807, 2.05) is 54.6 Å². The van der Waals surface area contributed by atoms with Crippen molar-refractivity contribution in [2.45, 2.75) is 19.0 Å². The highest BCUT2D eigenvalue weighted by molar-refractivity contribution is 7.99. The zero-order chi connectivity index (χ0) is 20.9. The van der Waals surface area contributed by atoms with E-state index in [9.17, 15) is 0 Å². The van der Waals surface area contributed by atoms with Crippen molar-refractivity contribution in [3.8, 4) is 22.8 Å². The summed E-state index contributed by atoms with van der Waals surface area (Å²) in [4.78, 5) is 0. The lowest BCUT2D eigenvalue weighted by atomic mass is 10.1. The molecule has 0 aliphatic carbocycles. The minimum atomic E-state index is 0.588. The molecule has 4 aromatic rings. The smallest absolute Gasteiger partial charge is 0.196 e. The lowest BCUT2D eigenvalue weighted by Crippen LogP contribution is -2.04. The molecule has 1 aromatic heterocycles. The summed E-state index contributed by atoms with van der Waals surface area (Å²) in [5.74, 6) is 2.43. The molecule has 0 aliphatic rings. The molecule has 0 saturated carbocycles. The van der Waals surface area contributed by atoms with Crippen molar-refractivity contribution in [2.75, 3.05) is 12.4 Å². The first kappa shape index (κ1) is 20.5. The standard InChI is InChI=1S/C24H22ClN3OS/c1-17-8-13-21(16-18(17)2)28-23(19-9-11-20(25)12-10-19)26-27-24(28)30-15-14-29-22-6-4-3-5-7-22/h3-13,16H,14-15H2,1-2H3. The topological polar surface area (TPSA) is 39.9 Å². The van der Waals surface area contributed by atoms with Crippen LogP contribution in [-0.2, 0) is 0 Å². The van der Waals surface area contributed by atoms with Crippen LogP contribution in [0.3, 0.4) is 0 Å². The number of aromatic nitrogens is 3. The molecule has 0 atom stereocenters. The van der Waals surface area contributed by atoms with Gasteiger partial charge in [0.15, 0.2) is 11.0 Å². The Morgan fingerprint density at radius 1 is 0.900 bits per heavy atom. The van der Waals surface area contributed by atoms with Gasteiger partial charge in [0.1, 0.15) is 5.75 Å². The normalized spacial score (nSPS) is 10.9. The molecular formula is C24H22ClN3OS. The summed E-state index contributed by atoms with van der Waals surface area (Å²) in [5, 5.41) is 10.5. The van der Waals surface area contributed by atoms with Gasteiger partial charge in [-0.3, -0.25) is 4.57 Å². The highest BCUT2D eigenvalue weighted by Gasteiger charge is 2.16. The Morgan fingerprint density at radius 3 is 2.40 bits per heavy atom. The predicted octanol–water partition coefficient (Wildman–Crippen LogP) is 6.38. The van der Waals surface area contributed by atoms with Crippen LogP contribution in [-0.4, -0.2) is 27.1 Å². The molecule has 6 heteroatoms. The van der Waals surface area contributed by atoms with Crippen molar-refractivity contribution in [1.29, 1.82) is 0 Å². The number of hydrogen-bond donors (Lipinski definition) is 0. The minimum absolute atomic E-state index is 0.588. The summed E-state index contributed by atoms with van der Waals surface area (Å²) >= 11 is 7.70. The van der Waals surface area contributed by atoms with Gasteiger partial charge < -0.3 is 4.74 Å². The lowest BCUT2D eigenvalue weighted by molar-refractivity contribution is 0.344. The van der Waals surface area contributed by atoms with E-state index in [0.717, 1.165) is 33.7 Å². The summed E-state index contributed by atoms with van der Waals surface area (Å²) in [6.07, 6.45) is 0. The van der Waals surface area contributed by atoms with Gasteiger partial charge >= 0.3 is 0 Å².